The number of nitrogens with zero attached hydrogens (tertiary/aromatic N) is 4. The van der Waals surface area contributed by atoms with Gasteiger partial charge in [-0.15, -0.1) is 0 Å². The van der Waals surface area contributed by atoms with Crippen molar-refractivity contribution in [3.05, 3.63) is 48.3 Å². The number of piperidine rings is 1. The Balaban J connectivity index is 1.17. The van der Waals surface area contributed by atoms with Crippen molar-refractivity contribution in [2.24, 2.45) is 11.0 Å². The summed E-state index contributed by atoms with van der Waals surface area (Å²) in [5, 5.41) is 6.26. The molecule has 7 heteroatoms. The fraction of sp³-hybridized carbons (Fsp3) is 0.600. The van der Waals surface area contributed by atoms with E-state index < -0.39 is 0 Å². The van der Waals surface area contributed by atoms with Gasteiger partial charge in [0.15, 0.2) is 0 Å². The molecule has 5 heterocycles. The molecule has 3 aliphatic rings. The Morgan fingerprint density at radius 2 is 1.69 bits per heavy atom. The molecule has 32 heavy (non-hydrogen) atoms. The van der Waals surface area contributed by atoms with E-state index in [1.54, 1.807) is 17.5 Å². The normalized spacial score (nSPS) is 23.9. The lowest BCUT2D eigenvalue weighted by atomic mass is 9.96. The molecule has 0 radical (unpaired) electrons. The van der Waals surface area contributed by atoms with E-state index in [9.17, 15) is 4.79 Å². The Morgan fingerprint density at radius 1 is 0.938 bits per heavy atom. The number of amides is 1. The van der Waals surface area contributed by atoms with Crippen molar-refractivity contribution in [1.29, 1.82) is 0 Å². The van der Waals surface area contributed by atoms with Crippen LogP contribution in [-0.4, -0.2) is 65.7 Å². The Bertz CT molecular complexity index is 876. The summed E-state index contributed by atoms with van der Waals surface area (Å²) in [6, 6.07) is 7.30. The van der Waals surface area contributed by atoms with Crippen LogP contribution in [0.5, 0.6) is 0 Å². The predicted molar refractivity (Wildman–Crippen MR) is 122 cm³/mol. The van der Waals surface area contributed by atoms with Gasteiger partial charge in [0, 0.05) is 13.0 Å². The first-order chi connectivity index (χ1) is 15.8. The van der Waals surface area contributed by atoms with Gasteiger partial charge in [-0.1, -0.05) is 12.8 Å². The molecule has 7 nitrogen and oxygen atoms in total. The summed E-state index contributed by atoms with van der Waals surface area (Å²) < 4.78 is 11.2. The van der Waals surface area contributed by atoms with Gasteiger partial charge in [0.2, 0.25) is 0 Å². The molecule has 172 valence electrons. The lowest BCUT2D eigenvalue weighted by Gasteiger charge is -2.35. The molecule has 0 bridgehead atoms. The summed E-state index contributed by atoms with van der Waals surface area (Å²) in [5.74, 6) is 2.26. The van der Waals surface area contributed by atoms with Gasteiger partial charge in [-0.2, -0.15) is 5.10 Å². The first-order valence-corrected chi connectivity index (χ1v) is 12.2. The van der Waals surface area contributed by atoms with E-state index in [1.165, 1.54) is 58.2 Å². The third-order valence-corrected chi connectivity index (χ3v) is 7.12. The molecule has 1 unspecified atom stereocenters. The van der Waals surface area contributed by atoms with E-state index in [2.05, 4.69) is 14.9 Å². The summed E-state index contributed by atoms with van der Waals surface area (Å²) in [5.41, 5.74) is 0.793. The van der Waals surface area contributed by atoms with Crippen molar-refractivity contribution in [2.45, 2.75) is 51.0 Å². The number of hydrogen-bond acceptors (Lipinski definition) is 6. The predicted octanol–water partition coefficient (Wildman–Crippen LogP) is 4.14. The lowest BCUT2D eigenvalue weighted by Crippen LogP contribution is -2.43. The van der Waals surface area contributed by atoms with Gasteiger partial charge in [-0.25, -0.2) is 5.01 Å². The van der Waals surface area contributed by atoms with Gasteiger partial charge in [-0.3, -0.25) is 9.69 Å². The van der Waals surface area contributed by atoms with E-state index in [1.807, 2.05) is 24.3 Å². The van der Waals surface area contributed by atoms with Crippen molar-refractivity contribution < 1.29 is 13.6 Å². The second kappa shape index (κ2) is 10.0. The van der Waals surface area contributed by atoms with Crippen LogP contribution in [0.25, 0.3) is 0 Å². The first kappa shape index (κ1) is 21.5. The summed E-state index contributed by atoms with van der Waals surface area (Å²) in [6.07, 6.45) is 11.7. The zero-order valence-corrected chi connectivity index (χ0v) is 18.8. The number of hydrazone groups is 1. The first-order valence-electron chi connectivity index (χ1n) is 12.2. The number of rotatable bonds is 6. The van der Waals surface area contributed by atoms with Crippen LogP contribution in [0.3, 0.4) is 0 Å². The molecule has 0 aliphatic carbocycles. The fourth-order valence-electron chi connectivity index (χ4n) is 5.31. The average molecular weight is 439 g/mol. The molecule has 0 saturated carbocycles. The minimum atomic E-state index is -0.210. The maximum absolute atomic E-state index is 13.3. The minimum Gasteiger partial charge on any atom is -0.467 e. The molecule has 2 aromatic rings. The Kier molecular flexibility index (Phi) is 6.74. The van der Waals surface area contributed by atoms with Crippen molar-refractivity contribution in [1.82, 2.24) is 14.8 Å². The molecule has 1 amide bonds. The van der Waals surface area contributed by atoms with Crippen LogP contribution >= 0.6 is 0 Å². The quantitative estimate of drug-likeness (QED) is 0.678. The molecule has 0 aromatic carbocycles. The monoisotopic (exact) mass is 438 g/mol. The number of likely N-dealkylation sites (tertiary alicyclic amines) is 2. The van der Waals surface area contributed by atoms with Gasteiger partial charge in [0.25, 0.3) is 5.91 Å². The largest absolute Gasteiger partial charge is 0.467 e. The average Bonchev–Trinajstić information content (AvgIpc) is 3.55. The highest BCUT2D eigenvalue weighted by Gasteiger charge is 2.36. The van der Waals surface area contributed by atoms with Gasteiger partial charge in [0.05, 0.1) is 19.1 Å². The molecular formula is C25H34N4O3. The highest BCUT2D eigenvalue weighted by Crippen LogP contribution is 2.33. The van der Waals surface area contributed by atoms with Crippen molar-refractivity contribution >= 4 is 11.6 Å². The molecule has 1 atom stereocenters. The van der Waals surface area contributed by atoms with E-state index in [-0.39, 0.29) is 11.9 Å². The summed E-state index contributed by atoms with van der Waals surface area (Å²) >= 11 is 0. The van der Waals surface area contributed by atoms with Crippen LogP contribution in [-0.2, 0) is 4.79 Å². The van der Waals surface area contributed by atoms with Crippen molar-refractivity contribution in [3.63, 3.8) is 0 Å². The molecule has 3 aliphatic heterocycles. The van der Waals surface area contributed by atoms with Gasteiger partial charge in [0.1, 0.15) is 23.3 Å². The maximum atomic E-state index is 13.3. The molecule has 2 aromatic heterocycles. The van der Waals surface area contributed by atoms with Crippen LogP contribution in [0.4, 0.5) is 0 Å². The highest BCUT2D eigenvalue weighted by atomic mass is 16.3. The van der Waals surface area contributed by atoms with E-state index >= 15 is 0 Å². The fourth-order valence-corrected chi connectivity index (χ4v) is 5.31. The van der Waals surface area contributed by atoms with Crippen LogP contribution in [0, 0.1) is 5.92 Å². The molecule has 5 rings (SSSR count). The second-order valence-corrected chi connectivity index (χ2v) is 9.43. The Morgan fingerprint density at radius 3 is 2.38 bits per heavy atom. The standard InChI is InChI=1S/C25H34N4O3/c30-25(19-28-13-9-20(10-14-28)18-27-11-3-1-2-4-12-27)29-22(24-8-6-16-32-24)17-21(26-29)23-7-5-15-31-23/h5-8,15-16,20,22H,1-4,9-14,17-19H2. The number of furan rings is 2. The Hall–Kier alpha value is -2.38. The van der Waals surface area contributed by atoms with Crippen molar-refractivity contribution in [3.8, 4) is 0 Å². The summed E-state index contributed by atoms with van der Waals surface area (Å²) in [6.45, 7) is 6.13. The SMILES string of the molecule is O=C(CN1CCC(CN2CCCCCC2)CC1)N1N=C(c2ccco2)CC1c1ccco1. The van der Waals surface area contributed by atoms with E-state index in [4.69, 9.17) is 8.83 Å². The molecular weight excluding hydrogens is 404 g/mol. The van der Waals surface area contributed by atoms with E-state index in [0.29, 0.717) is 18.7 Å². The Labute approximate surface area is 190 Å². The van der Waals surface area contributed by atoms with E-state index in [0.717, 1.165) is 30.5 Å². The van der Waals surface area contributed by atoms with Crippen LogP contribution in [0.1, 0.15) is 62.5 Å². The van der Waals surface area contributed by atoms with Gasteiger partial charge >= 0.3 is 0 Å². The molecule has 2 saturated heterocycles. The second-order valence-electron chi connectivity index (χ2n) is 9.43. The zero-order valence-electron chi connectivity index (χ0n) is 18.8. The van der Waals surface area contributed by atoms with Crippen LogP contribution < -0.4 is 0 Å². The zero-order chi connectivity index (χ0) is 21.8. The van der Waals surface area contributed by atoms with Crippen LogP contribution in [0.2, 0.25) is 0 Å². The maximum Gasteiger partial charge on any atom is 0.257 e. The third kappa shape index (κ3) is 4.99. The van der Waals surface area contributed by atoms with Gasteiger partial charge < -0.3 is 13.7 Å². The van der Waals surface area contributed by atoms with Crippen LogP contribution in [0.15, 0.2) is 50.7 Å². The smallest absolute Gasteiger partial charge is 0.257 e. The molecule has 0 N–H and O–H groups in total. The molecule has 2 fully saturated rings. The number of carbonyl (C=O) groups is 1. The molecule has 0 spiro atoms. The van der Waals surface area contributed by atoms with Crippen molar-refractivity contribution in [2.75, 3.05) is 39.3 Å². The topological polar surface area (TPSA) is 65.4 Å². The highest BCUT2D eigenvalue weighted by molar-refractivity contribution is 6.01. The summed E-state index contributed by atoms with van der Waals surface area (Å²) in [4.78, 5) is 18.2. The third-order valence-electron chi connectivity index (χ3n) is 7.12. The minimum absolute atomic E-state index is 0.0268. The lowest BCUT2D eigenvalue weighted by molar-refractivity contribution is -0.135. The summed E-state index contributed by atoms with van der Waals surface area (Å²) in [7, 11) is 0. The number of hydrogen-bond donors (Lipinski definition) is 0. The number of carbonyl (C=O) groups excluding carboxylic acids is 1. The van der Waals surface area contributed by atoms with Gasteiger partial charge in [-0.05, 0) is 82.0 Å².